The van der Waals surface area contributed by atoms with Crippen LogP contribution in [0.15, 0.2) is 28.0 Å². The number of rotatable bonds is 3. The van der Waals surface area contributed by atoms with Crippen LogP contribution in [-0.2, 0) is 14.8 Å². The van der Waals surface area contributed by atoms with E-state index in [0.29, 0.717) is 17.5 Å². The monoisotopic (exact) mass is 354 g/mol. The smallest absolute Gasteiger partial charge is 0.240 e. The number of nitrogens with one attached hydrogen (secondary N) is 1. The summed E-state index contributed by atoms with van der Waals surface area (Å²) in [4.78, 5) is 14.8. The molecule has 0 saturated heterocycles. The average Bonchev–Trinajstić information content (AvgIpc) is 2.97. The first kappa shape index (κ1) is 16.8. The third kappa shape index (κ3) is 3.56. The first-order chi connectivity index (χ1) is 10.9. The Morgan fingerprint density at radius 3 is 2.65 bits per heavy atom. The van der Waals surface area contributed by atoms with E-state index in [1.165, 1.54) is 6.92 Å². The van der Waals surface area contributed by atoms with Gasteiger partial charge in [0.15, 0.2) is 0 Å². The molecule has 1 aromatic rings. The fourth-order valence-electron chi connectivity index (χ4n) is 3.21. The van der Waals surface area contributed by atoms with Crippen molar-refractivity contribution in [3.63, 3.8) is 0 Å². The zero-order valence-corrected chi connectivity index (χ0v) is 15.0. The summed E-state index contributed by atoms with van der Waals surface area (Å²) >= 11 is 1.68. The Bertz CT molecular complexity index is 712. The van der Waals surface area contributed by atoms with E-state index < -0.39 is 10.0 Å². The first-order valence-electron chi connectivity index (χ1n) is 7.98. The number of fused-ring (bicyclic) bond motifs is 1. The molecule has 0 unspecified atom stereocenters. The number of carbonyl (C=O) groups is 1. The maximum Gasteiger partial charge on any atom is 0.240 e. The lowest BCUT2D eigenvalue weighted by molar-refractivity contribution is -0.116. The highest BCUT2D eigenvalue weighted by Gasteiger charge is 2.28. The molecule has 126 valence electrons. The van der Waals surface area contributed by atoms with Crippen molar-refractivity contribution in [1.82, 2.24) is 4.72 Å². The second kappa shape index (κ2) is 6.45. The van der Waals surface area contributed by atoms with Gasteiger partial charge in [0.25, 0.3) is 0 Å². The van der Waals surface area contributed by atoms with Gasteiger partial charge in [-0.1, -0.05) is 19.8 Å². The number of anilines is 1. The molecule has 1 fully saturated rings. The summed E-state index contributed by atoms with van der Waals surface area (Å²) in [6.45, 7) is 4.19. The van der Waals surface area contributed by atoms with Gasteiger partial charge in [0.2, 0.25) is 15.9 Å². The maximum absolute atomic E-state index is 12.6. The second-order valence-corrected chi connectivity index (χ2v) is 9.48. The van der Waals surface area contributed by atoms with Crippen LogP contribution in [0.2, 0.25) is 0 Å². The number of hydrogen-bond donors (Lipinski definition) is 1. The first-order valence-corrected chi connectivity index (χ1v) is 10.3. The molecule has 3 rings (SSSR count). The Hall–Kier alpha value is -1.05. The SMILES string of the molecule is CC(=O)N1C[C@H](C)Sc2ccc(S(=O)(=O)NC3CCCC3)cc21. The van der Waals surface area contributed by atoms with Gasteiger partial charge in [0, 0.05) is 29.7 Å². The van der Waals surface area contributed by atoms with Crippen molar-refractivity contribution in [3.05, 3.63) is 18.2 Å². The number of thioether (sulfide) groups is 1. The molecule has 0 aromatic heterocycles. The molecule has 7 heteroatoms. The van der Waals surface area contributed by atoms with E-state index in [1.807, 2.05) is 6.07 Å². The van der Waals surface area contributed by atoms with Crippen molar-refractivity contribution in [2.75, 3.05) is 11.4 Å². The van der Waals surface area contributed by atoms with Crippen molar-refractivity contribution in [3.8, 4) is 0 Å². The number of sulfonamides is 1. The lowest BCUT2D eigenvalue weighted by Gasteiger charge is -2.32. The molecule has 23 heavy (non-hydrogen) atoms. The summed E-state index contributed by atoms with van der Waals surface area (Å²) in [5, 5.41) is 0.297. The van der Waals surface area contributed by atoms with Crippen molar-refractivity contribution in [2.45, 2.75) is 60.6 Å². The Morgan fingerprint density at radius 1 is 1.30 bits per heavy atom. The molecule has 1 amide bonds. The van der Waals surface area contributed by atoms with E-state index in [1.54, 1.807) is 28.8 Å². The Morgan fingerprint density at radius 2 is 2.00 bits per heavy atom. The number of hydrogen-bond acceptors (Lipinski definition) is 4. The molecule has 1 saturated carbocycles. The normalized spacial score (nSPS) is 22.2. The summed E-state index contributed by atoms with van der Waals surface area (Å²) in [7, 11) is -3.54. The lowest BCUT2D eigenvalue weighted by atomic mass is 10.2. The van der Waals surface area contributed by atoms with Crippen LogP contribution in [0.4, 0.5) is 5.69 Å². The highest BCUT2D eigenvalue weighted by molar-refractivity contribution is 8.00. The van der Waals surface area contributed by atoms with Gasteiger partial charge in [0.1, 0.15) is 0 Å². The van der Waals surface area contributed by atoms with Crippen LogP contribution < -0.4 is 9.62 Å². The molecule has 0 bridgehead atoms. The van der Waals surface area contributed by atoms with Crippen LogP contribution >= 0.6 is 11.8 Å². The second-order valence-electron chi connectivity index (χ2n) is 6.29. The lowest BCUT2D eigenvalue weighted by Crippen LogP contribution is -2.37. The maximum atomic E-state index is 12.6. The molecule has 1 atom stereocenters. The molecule has 1 N–H and O–H groups in total. The zero-order valence-electron chi connectivity index (χ0n) is 13.4. The molecule has 0 spiro atoms. The summed E-state index contributed by atoms with van der Waals surface area (Å²) in [5.41, 5.74) is 0.704. The number of benzene rings is 1. The Balaban J connectivity index is 1.93. The number of nitrogens with zero attached hydrogens (tertiary/aromatic N) is 1. The number of amides is 1. The summed E-state index contributed by atoms with van der Waals surface area (Å²) < 4.78 is 28.0. The van der Waals surface area contributed by atoms with Gasteiger partial charge in [-0.3, -0.25) is 4.79 Å². The molecule has 1 aliphatic carbocycles. The Kier molecular flexibility index (Phi) is 4.71. The minimum Gasteiger partial charge on any atom is -0.310 e. The predicted molar refractivity (Wildman–Crippen MR) is 92.4 cm³/mol. The van der Waals surface area contributed by atoms with Gasteiger partial charge in [-0.15, -0.1) is 11.8 Å². The summed E-state index contributed by atoms with van der Waals surface area (Å²) in [6.07, 6.45) is 3.95. The van der Waals surface area contributed by atoms with Gasteiger partial charge in [0.05, 0.1) is 10.6 Å². The van der Waals surface area contributed by atoms with E-state index in [-0.39, 0.29) is 16.8 Å². The molecule has 2 aliphatic rings. The molecular formula is C16H22N2O3S2. The fourth-order valence-corrected chi connectivity index (χ4v) is 5.63. The third-order valence-corrected chi connectivity index (χ3v) is 7.03. The fraction of sp³-hybridized carbons (Fsp3) is 0.562. The van der Waals surface area contributed by atoms with Gasteiger partial charge in [-0.25, -0.2) is 13.1 Å². The highest BCUT2D eigenvalue weighted by atomic mass is 32.2. The molecule has 1 aromatic carbocycles. The standard InChI is InChI=1S/C16H22N2O3S2/c1-11-10-18(12(2)19)15-9-14(7-8-16(15)22-11)23(20,21)17-13-5-3-4-6-13/h7-9,11,13,17H,3-6,10H2,1-2H3/t11-/m0/s1. The average molecular weight is 354 g/mol. The van der Waals surface area contributed by atoms with E-state index in [0.717, 1.165) is 30.6 Å². The quantitative estimate of drug-likeness (QED) is 0.906. The van der Waals surface area contributed by atoms with Crippen LogP contribution in [0.5, 0.6) is 0 Å². The van der Waals surface area contributed by atoms with Crippen LogP contribution in [0.3, 0.4) is 0 Å². The minimum atomic E-state index is -3.54. The van der Waals surface area contributed by atoms with Crippen molar-refractivity contribution >= 4 is 33.4 Å². The van der Waals surface area contributed by atoms with Crippen LogP contribution in [0.25, 0.3) is 0 Å². The molecule has 5 nitrogen and oxygen atoms in total. The van der Waals surface area contributed by atoms with Crippen molar-refractivity contribution in [1.29, 1.82) is 0 Å². The van der Waals surface area contributed by atoms with Gasteiger partial charge < -0.3 is 4.90 Å². The van der Waals surface area contributed by atoms with E-state index in [9.17, 15) is 13.2 Å². The van der Waals surface area contributed by atoms with Crippen LogP contribution in [0.1, 0.15) is 39.5 Å². The Labute approximate surface area is 141 Å². The van der Waals surface area contributed by atoms with E-state index >= 15 is 0 Å². The molecule has 1 aliphatic heterocycles. The van der Waals surface area contributed by atoms with Crippen LogP contribution in [-0.4, -0.2) is 32.2 Å². The summed E-state index contributed by atoms with van der Waals surface area (Å²) in [5.74, 6) is -0.0586. The molecule has 1 heterocycles. The van der Waals surface area contributed by atoms with Gasteiger partial charge >= 0.3 is 0 Å². The highest BCUT2D eigenvalue weighted by Crippen LogP contribution is 2.39. The van der Waals surface area contributed by atoms with Crippen molar-refractivity contribution < 1.29 is 13.2 Å². The minimum absolute atomic E-state index is 0.0364. The zero-order chi connectivity index (χ0) is 16.6. The van der Waals surface area contributed by atoms with Gasteiger partial charge in [-0.2, -0.15) is 0 Å². The van der Waals surface area contributed by atoms with E-state index in [4.69, 9.17) is 0 Å². The number of carbonyl (C=O) groups excluding carboxylic acids is 1. The summed E-state index contributed by atoms with van der Waals surface area (Å²) in [6, 6.07) is 5.12. The topological polar surface area (TPSA) is 66.5 Å². The molecular weight excluding hydrogens is 332 g/mol. The predicted octanol–water partition coefficient (Wildman–Crippen LogP) is 2.75. The van der Waals surface area contributed by atoms with Gasteiger partial charge in [-0.05, 0) is 31.0 Å². The van der Waals surface area contributed by atoms with Crippen LogP contribution in [0, 0.1) is 0 Å². The van der Waals surface area contributed by atoms with E-state index in [2.05, 4.69) is 11.6 Å². The van der Waals surface area contributed by atoms with Crippen molar-refractivity contribution in [2.24, 2.45) is 0 Å². The molecule has 0 radical (unpaired) electrons. The largest absolute Gasteiger partial charge is 0.310 e. The third-order valence-electron chi connectivity index (χ3n) is 4.36.